The lowest BCUT2D eigenvalue weighted by atomic mass is 10.1. The molecule has 0 atom stereocenters. The molecule has 0 aliphatic rings. The summed E-state index contributed by atoms with van der Waals surface area (Å²) >= 11 is 1.56. The zero-order chi connectivity index (χ0) is 17.8. The molecule has 132 valence electrons. The zero-order valence-electron chi connectivity index (χ0n) is 13.9. The van der Waals surface area contributed by atoms with Crippen LogP contribution in [-0.2, 0) is 6.54 Å². The maximum absolute atomic E-state index is 13.1. The van der Waals surface area contributed by atoms with Crippen LogP contribution in [-0.4, -0.2) is 18.3 Å². The molecule has 26 heavy (non-hydrogen) atoms. The first-order valence-corrected chi connectivity index (χ1v) is 9.19. The molecule has 0 amide bonds. The van der Waals surface area contributed by atoms with Crippen molar-refractivity contribution in [1.29, 1.82) is 0 Å². The molecule has 2 aromatic carbocycles. The van der Waals surface area contributed by atoms with Gasteiger partial charge < -0.3 is 14.6 Å². The second-order valence-corrected chi connectivity index (χ2v) is 6.73. The van der Waals surface area contributed by atoms with E-state index in [1.165, 1.54) is 12.1 Å². The molecule has 0 aliphatic carbocycles. The van der Waals surface area contributed by atoms with Gasteiger partial charge in [-0.15, -0.1) is 11.3 Å². The van der Waals surface area contributed by atoms with E-state index in [0.29, 0.717) is 19.7 Å². The smallest absolute Gasteiger partial charge is 0.175 e. The lowest BCUT2D eigenvalue weighted by Gasteiger charge is -2.08. The van der Waals surface area contributed by atoms with Gasteiger partial charge in [-0.05, 0) is 41.3 Å². The van der Waals surface area contributed by atoms with Gasteiger partial charge in [0.1, 0.15) is 18.2 Å². The second kappa shape index (κ2) is 7.68. The third kappa shape index (κ3) is 3.76. The highest BCUT2D eigenvalue weighted by molar-refractivity contribution is 7.16. The topological polar surface area (TPSA) is 47.3 Å². The van der Waals surface area contributed by atoms with Crippen molar-refractivity contribution in [2.75, 3.05) is 13.2 Å². The molecule has 2 heterocycles. The summed E-state index contributed by atoms with van der Waals surface area (Å²) in [5.41, 5.74) is 1.85. The van der Waals surface area contributed by atoms with Crippen molar-refractivity contribution in [3.05, 3.63) is 71.4 Å². The monoisotopic (exact) mass is 368 g/mol. The van der Waals surface area contributed by atoms with Crippen LogP contribution in [0, 0.1) is 5.82 Å². The molecule has 6 heteroatoms. The van der Waals surface area contributed by atoms with Crippen LogP contribution in [0.15, 0.2) is 64.5 Å². The highest BCUT2D eigenvalue weighted by Crippen LogP contribution is 2.32. The van der Waals surface area contributed by atoms with E-state index >= 15 is 0 Å². The molecular weight excluding hydrogens is 351 g/mol. The Labute approximate surface area is 154 Å². The Bertz CT molecular complexity index is 1010. The van der Waals surface area contributed by atoms with Gasteiger partial charge >= 0.3 is 0 Å². The van der Waals surface area contributed by atoms with Crippen molar-refractivity contribution in [3.63, 3.8) is 0 Å². The predicted octanol–water partition coefficient (Wildman–Crippen LogP) is 4.86. The van der Waals surface area contributed by atoms with Gasteiger partial charge in [0, 0.05) is 18.7 Å². The Balaban J connectivity index is 1.32. The summed E-state index contributed by atoms with van der Waals surface area (Å²) in [6.45, 7) is 1.79. The quantitative estimate of drug-likeness (QED) is 0.473. The molecule has 0 radical (unpaired) electrons. The Morgan fingerprint density at radius 2 is 2.04 bits per heavy atom. The van der Waals surface area contributed by atoms with Crippen LogP contribution in [0.3, 0.4) is 0 Å². The summed E-state index contributed by atoms with van der Waals surface area (Å²) in [6.07, 6.45) is 0. The van der Waals surface area contributed by atoms with E-state index < -0.39 is 0 Å². The summed E-state index contributed by atoms with van der Waals surface area (Å²) in [5.74, 6) is 1.32. The van der Waals surface area contributed by atoms with Crippen molar-refractivity contribution >= 4 is 21.6 Å². The average molecular weight is 368 g/mol. The Morgan fingerprint density at radius 3 is 2.96 bits per heavy atom. The third-order valence-corrected chi connectivity index (χ3v) is 4.76. The predicted molar refractivity (Wildman–Crippen MR) is 101 cm³/mol. The Kier molecular flexibility index (Phi) is 4.95. The largest absolute Gasteiger partial charge is 0.492 e. The summed E-state index contributed by atoms with van der Waals surface area (Å²) in [5, 5.41) is 10.3. The van der Waals surface area contributed by atoms with Crippen molar-refractivity contribution in [2.24, 2.45) is 0 Å². The number of nitrogens with zero attached hydrogens (tertiary/aromatic N) is 1. The van der Waals surface area contributed by atoms with Gasteiger partial charge in [-0.1, -0.05) is 29.4 Å². The number of hydrogen-bond acceptors (Lipinski definition) is 5. The van der Waals surface area contributed by atoms with E-state index in [9.17, 15) is 4.39 Å². The SMILES string of the molecule is Fc1cccc(CNCCOc2cccc(-c3onc4sccc34)c2)c1. The van der Waals surface area contributed by atoms with Crippen LogP contribution >= 0.6 is 11.3 Å². The molecule has 4 aromatic rings. The number of ether oxygens (including phenoxy) is 1. The normalized spacial score (nSPS) is 11.1. The standard InChI is InChI=1S/C20H17FN2O2S/c21-16-5-1-3-14(11-16)13-22-8-9-24-17-6-2-4-15(12-17)19-18-7-10-26-20(18)23-25-19/h1-7,10-12,22H,8-9,13H2. The van der Waals surface area contributed by atoms with Crippen LogP contribution < -0.4 is 10.1 Å². The summed E-state index contributed by atoms with van der Waals surface area (Å²) in [4.78, 5) is 0.896. The van der Waals surface area contributed by atoms with Crippen LogP contribution in [0.4, 0.5) is 4.39 Å². The van der Waals surface area contributed by atoms with Gasteiger partial charge in [-0.3, -0.25) is 0 Å². The van der Waals surface area contributed by atoms with Gasteiger partial charge in [0.2, 0.25) is 0 Å². The maximum Gasteiger partial charge on any atom is 0.175 e. The third-order valence-electron chi connectivity index (χ3n) is 3.97. The van der Waals surface area contributed by atoms with Crippen LogP contribution in [0.1, 0.15) is 5.56 Å². The molecule has 4 nitrogen and oxygen atoms in total. The lowest BCUT2D eigenvalue weighted by molar-refractivity contribution is 0.313. The highest BCUT2D eigenvalue weighted by Gasteiger charge is 2.12. The number of hydrogen-bond donors (Lipinski definition) is 1. The van der Waals surface area contributed by atoms with Gasteiger partial charge in [0.15, 0.2) is 10.6 Å². The van der Waals surface area contributed by atoms with Crippen molar-refractivity contribution in [1.82, 2.24) is 10.5 Å². The number of halogens is 1. The van der Waals surface area contributed by atoms with Crippen LogP contribution in [0.25, 0.3) is 21.5 Å². The fourth-order valence-electron chi connectivity index (χ4n) is 2.74. The molecule has 0 bridgehead atoms. The van der Waals surface area contributed by atoms with E-state index in [0.717, 1.165) is 32.9 Å². The minimum atomic E-state index is -0.218. The van der Waals surface area contributed by atoms with E-state index in [-0.39, 0.29) is 5.82 Å². The molecule has 0 fully saturated rings. The van der Waals surface area contributed by atoms with E-state index in [2.05, 4.69) is 10.5 Å². The molecule has 0 saturated heterocycles. The van der Waals surface area contributed by atoms with Crippen molar-refractivity contribution < 1.29 is 13.7 Å². The van der Waals surface area contributed by atoms with E-state index in [4.69, 9.17) is 9.26 Å². The zero-order valence-corrected chi connectivity index (χ0v) is 14.8. The minimum Gasteiger partial charge on any atom is -0.492 e. The fraction of sp³-hybridized carbons (Fsp3) is 0.150. The van der Waals surface area contributed by atoms with Crippen LogP contribution in [0.5, 0.6) is 5.75 Å². The average Bonchev–Trinajstić information content (AvgIpc) is 3.25. The van der Waals surface area contributed by atoms with Crippen molar-refractivity contribution in [3.8, 4) is 17.1 Å². The van der Waals surface area contributed by atoms with Crippen molar-refractivity contribution in [2.45, 2.75) is 6.54 Å². The summed E-state index contributed by atoms with van der Waals surface area (Å²) in [6, 6.07) is 16.4. The molecule has 0 saturated carbocycles. The molecule has 0 aliphatic heterocycles. The fourth-order valence-corrected chi connectivity index (χ4v) is 3.44. The maximum atomic E-state index is 13.1. The molecule has 4 rings (SSSR count). The second-order valence-electron chi connectivity index (χ2n) is 5.83. The number of rotatable bonds is 7. The highest BCUT2D eigenvalue weighted by atomic mass is 32.1. The van der Waals surface area contributed by atoms with E-state index in [1.807, 2.05) is 41.8 Å². The first kappa shape index (κ1) is 16.8. The lowest BCUT2D eigenvalue weighted by Crippen LogP contribution is -2.20. The number of aromatic nitrogens is 1. The molecule has 1 N–H and O–H groups in total. The first-order chi connectivity index (χ1) is 12.8. The molecule has 0 unspecified atom stereocenters. The van der Waals surface area contributed by atoms with Gasteiger partial charge in [0.25, 0.3) is 0 Å². The van der Waals surface area contributed by atoms with Crippen LogP contribution in [0.2, 0.25) is 0 Å². The van der Waals surface area contributed by atoms with Gasteiger partial charge in [0.05, 0.1) is 5.39 Å². The molecule has 2 aromatic heterocycles. The van der Waals surface area contributed by atoms with E-state index in [1.54, 1.807) is 17.4 Å². The molecule has 0 spiro atoms. The number of thiophene rings is 1. The van der Waals surface area contributed by atoms with Gasteiger partial charge in [-0.25, -0.2) is 4.39 Å². The number of nitrogens with one attached hydrogen (secondary N) is 1. The number of benzene rings is 2. The summed E-state index contributed by atoms with van der Waals surface area (Å²) < 4.78 is 24.4. The Hall–Kier alpha value is -2.70. The minimum absolute atomic E-state index is 0.218. The number of fused-ring (bicyclic) bond motifs is 1. The summed E-state index contributed by atoms with van der Waals surface area (Å²) in [7, 11) is 0. The van der Waals surface area contributed by atoms with Gasteiger partial charge in [-0.2, -0.15) is 0 Å². The Morgan fingerprint density at radius 1 is 1.12 bits per heavy atom. The molecular formula is C20H17FN2O2S. The first-order valence-electron chi connectivity index (χ1n) is 8.31.